The number of aromatic nitrogens is 1. The van der Waals surface area contributed by atoms with Gasteiger partial charge in [0.15, 0.2) is 0 Å². The number of nitrogen functional groups attached to an aromatic ring is 1. The lowest BCUT2D eigenvalue weighted by atomic mass is 10.1. The van der Waals surface area contributed by atoms with Crippen LogP contribution in [0.4, 0.5) is 11.5 Å². The zero-order chi connectivity index (χ0) is 13.8. The van der Waals surface area contributed by atoms with Gasteiger partial charge in [0.05, 0.1) is 12.7 Å². The van der Waals surface area contributed by atoms with E-state index in [1.165, 1.54) is 4.90 Å². The quantitative estimate of drug-likeness (QED) is 0.853. The van der Waals surface area contributed by atoms with Gasteiger partial charge in [0.25, 0.3) is 5.91 Å². The van der Waals surface area contributed by atoms with Crippen molar-refractivity contribution < 1.29 is 9.53 Å². The third-order valence-corrected chi connectivity index (χ3v) is 2.79. The summed E-state index contributed by atoms with van der Waals surface area (Å²) >= 11 is 0. The Bertz CT molecular complexity index is 584. The number of methoxy groups -OCH3 is 1. The molecule has 0 bridgehead atoms. The van der Waals surface area contributed by atoms with E-state index in [9.17, 15) is 4.79 Å². The van der Waals surface area contributed by atoms with Crippen LogP contribution < -0.4 is 15.4 Å². The van der Waals surface area contributed by atoms with Gasteiger partial charge in [-0.15, -0.1) is 0 Å². The molecule has 0 spiro atoms. The van der Waals surface area contributed by atoms with E-state index in [0.29, 0.717) is 22.8 Å². The first kappa shape index (κ1) is 12.9. The summed E-state index contributed by atoms with van der Waals surface area (Å²) in [4.78, 5) is 17.9. The normalized spacial score (nSPS) is 10.0. The summed E-state index contributed by atoms with van der Waals surface area (Å²) in [5.41, 5.74) is 6.67. The van der Waals surface area contributed by atoms with E-state index in [1.807, 2.05) is 6.07 Å². The first-order valence-electron chi connectivity index (χ1n) is 5.76. The zero-order valence-corrected chi connectivity index (χ0v) is 10.8. The van der Waals surface area contributed by atoms with Gasteiger partial charge in [-0.3, -0.25) is 9.69 Å². The number of ether oxygens (including phenoxy) is 1. The van der Waals surface area contributed by atoms with E-state index in [-0.39, 0.29) is 5.91 Å². The minimum atomic E-state index is -0.209. The van der Waals surface area contributed by atoms with Gasteiger partial charge in [-0.25, -0.2) is 4.98 Å². The number of hydrogen-bond donors (Lipinski definition) is 1. The molecule has 0 fully saturated rings. The number of hydrogen-bond acceptors (Lipinski definition) is 4. The second-order valence-corrected chi connectivity index (χ2v) is 4.01. The molecule has 2 N–H and O–H groups in total. The van der Waals surface area contributed by atoms with Crippen molar-refractivity contribution in [2.45, 2.75) is 0 Å². The van der Waals surface area contributed by atoms with Crippen LogP contribution in [0.3, 0.4) is 0 Å². The van der Waals surface area contributed by atoms with Crippen LogP contribution in [0.1, 0.15) is 10.4 Å². The van der Waals surface area contributed by atoms with Crippen LogP contribution in [0.25, 0.3) is 0 Å². The van der Waals surface area contributed by atoms with Crippen LogP contribution in [0, 0.1) is 0 Å². The molecule has 0 aliphatic carbocycles. The minimum Gasteiger partial charge on any atom is -0.497 e. The molecule has 0 saturated carbocycles. The number of amides is 1. The molecule has 0 aliphatic rings. The first-order chi connectivity index (χ1) is 9.13. The lowest BCUT2D eigenvalue weighted by Crippen LogP contribution is -2.27. The van der Waals surface area contributed by atoms with Crippen molar-refractivity contribution in [2.24, 2.45) is 0 Å². The van der Waals surface area contributed by atoms with E-state index >= 15 is 0 Å². The monoisotopic (exact) mass is 257 g/mol. The average molecular weight is 257 g/mol. The number of benzene rings is 1. The summed E-state index contributed by atoms with van der Waals surface area (Å²) < 4.78 is 5.06. The molecule has 5 heteroatoms. The SMILES string of the molecule is COc1ccc(C(=O)N(C)c2ccccn2)c(N)c1. The summed E-state index contributed by atoms with van der Waals surface area (Å²) in [6.07, 6.45) is 1.64. The van der Waals surface area contributed by atoms with Gasteiger partial charge in [-0.1, -0.05) is 6.07 Å². The molecule has 98 valence electrons. The van der Waals surface area contributed by atoms with Gasteiger partial charge in [0.1, 0.15) is 11.6 Å². The number of nitrogens with two attached hydrogens (primary N) is 1. The maximum absolute atomic E-state index is 12.3. The van der Waals surface area contributed by atoms with E-state index in [1.54, 1.807) is 50.7 Å². The van der Waals surface area contributed by atoms with E-state index < -0.39 is 0 Å². The summed E-state index contributed by atoms with van der Waals surface area (Å²) in [6, 6.07) is 10.4. The van der Waals surface area contributed by atoms with Crippen LogP contribution in [0.2, 0.25) is 0 Å². The largest absolute Gasteiger partial charge is 0.497 e. The first-order valence-corrected chi connectivity index (χ1v) is 5.76. The molecule has 1 aromatic heterocycles. The topological polar surface area (TPSA) is 68.5 Å². The fraction of sp³-hybridized carbons (Fsp3) is 0.143. The predicted molar refractivity (Wildman–Crippen MR) is 74.4 cm³/mol. The summed E-state index contributed by atoms with van der Waals surface area (Å²) in [7, 11) is 3.21. The fourth-order valence-electron chi connectivity index (χ4n) is 1.70. The summed E-state index contributed by atoms with van der Waals surface area (Å²) in [5.74, 6) is 0.983. The smallest absolute Gasteiger partial charge is 0.261 e. The van der Waals surface area contributed by atoms with E-state index in [0.717, 1.165) is 0 Å². The second-order valence-electron chi connectivity index (χ2n) is 4.01. The van der Waals surface area contributed by atoms with Crippen LogP contribution >= 0.6 is 0 Å². The molecule has 0 saturated heterocycles. The van der Waals surface area contributed by atoms with Crippen molar-refractivity contribution in [2.75, 3.05) is 24.8 Å². The molecule has 19 heavy (non-hydrogen) atoms. The Kier molecular flexibility index (Phi) is 3.66. The zero-order valence-electron chi connectivity index (χ0n) is 10.8. The van der Waals surface area contributed by atoms with Gasteiger partial charge in [-0.05, 0) is 24.3 Å². The number of rotatable bonds is 3. The summed E-state index contributed by atoms with van der Waals surface area (Å²) in [5, 5.41) is 0. The van der Waals surface area contributed by atoms with Crippen molar-refractivity contribution in [3.63, 3.8) is 0 Å². The molecular formula is C14H15N3O2. The van der Waals surface area contributed by atoms with Crippen molar-refractivity contribution >= 4 is 17.4 Å². The van der Waals surface area contributed by atoms with Crippen molar-refractivity contribution in [1.82, 2.24) is 4.98 Å². The second kappa shape index (κ2) is 5.39. The maximum Gasteiger partial charge on any atom is 0.261 e. The molecule has 0 unspecified atom stereocenters. The third-order valence-electron chi connectivity index (χ3n) is 2.79. The van der Waals surface area contributed by atoms with Gasteiger partial charge >= 0.3 is 0 Å². The Labute approximate surface area is 111 Å². The van der Waals surface area contributed by atoms with Crippen molar-refractivity contribution in [1.29, 1.82) is 0 Å². The summed E-state index contributed by atoms with van der Waals surface area (Å²) in [6.45, 7) is 0. The highest BCUT2D eigenvalue weighted by atomic mass is 16.5. The van der Waals surface area contributed by atoms with Crippen LogP contribution in [-0.4, -0.2) is 25.0 Å². The Balaban J connectivity index is 2.29. The predicted octanol–water partition coefficient (Wildman–Crippen LogP) is 1.95. The lowest BCUT2D eigenvalue weighted by Gasteiger charge is -2.17. The standard InChI is InChI=1S/C14H15N3O2/c1-17(13-5-3-4-8-16-13)14(18)11-7-6-10(19-2)9-12(11)15/h3-9H,15H2,1-2H3. The average Bonchev–Trinajstić information content (AvgIpc) is 2.46. The molecular weight excluding hydrogens is 242 g/mol. The number of nitrogens with zero attached hydrogens (tertiary/aromatic N) is 2. The lowest BCUT2D eigenvalue weighted by molar-refractivity contribution is 0.0993. The van der Waals surface area contributed by atoms with Gasteiger partial charge < -0.3 is 10.5 Å². The molecule has 0 aliphatic heterocycles. The molecule has 0 radical (unpaired) electrons. The molecule has 2 aromatic rings. The van der Waals surface area contributed by atoms with Crippen molar-refractivity contribution in [3.8, 4) is 5.75 Å². The third kappa shape index (κ3) is 2.65. The van der Waals surface area contributed by atoms with Gasteiger partial charge in [-0.2, -0.15) is 0 Å². The van der Waals surface area contributed by atoms with Gasteiger partial charge in [0, 0.05) is 25.0 Å². The fourth-order valence-corrected chi connectivity index (χ4v) is 1.70. The number of pyridine rings is 1. The number of carbonyl (C=O) groups is 1. The molecule has 1 heterocycles. The molecule has 1 aromatic carbocycles. The molecule has 5 nitrogen and oxygen atoms in total. The van der Waals surface area contributed by atoms with Crippen LogP contribution in [0.15, 0.2) is 42.6 Å². The minimum absolute atomic E-state index is 0.209. The highest BCUT2D eigenvalue weighted by Gasteiger charge is 2.17. The Hall–Kier alpha value is -2.56. The van der Waals surface area contributed by atoms with Crippen LogP contribution in [-0.2, 0) is 0 Å². The molecule has 2 rings (SSSR count). The maximum atomic E-state index is 12.3. The highest BCUT2D eigenvalue weighted by molar-refractivity contribution is 6.08. The highest BCUT2D eigenvalue weighted by Crippen LogP contribution is 2.22. The Morgan fingerprint density at radius 1 is 1.32 bits per heavy atom. The Morgan fingerprint density at radius 2 is 2.11 bits per heavy atom. The van der Waals surface area contributed by atoms with E-state index in [2.05, 4.69) is 4.98 Å². The number of carbonyl (C=O) groups excluding carboxylic acids is 1. The Morgan fingerprint density at radius 3 is 2.68 bits per heavy atom. The molecule has 0 atom stereocenters. The van der Waals surface area contributed by atoms with Crippen molar-refractivity contribution in [3.05, 3.63) is 48.2 Å². The van der Waals surface area contributed by atoms with Gasteiger partial charge in [0.2, 0.25) is 0 Å². The number of anilines is 2. The van der Waals surface area contributed by atoms with Crippen LogP contribution in [0.5, 0.6) is 5.75 Å². The van der Waals surface area contributed by atoms with E-state index in [4.69, 9.17) is 10.5 Å². The molecule has 1 amide bonds.